The van der Waals surface area contributed by atoms with Crippen LogP contribution in [0.1, 0.15) is 25.7 Å². The lowest BCUT2D eigenvalue weighted by Crippen LogP contribution is -2.45. The summed E-state index contributed by atoms with van der Waals surface area (Å²) in [5, 5.41) is 0. The van der Waals surface area contributed by atoms with Crippen LogP contribution >= 0.6 is 0 Å². The van der Waals surface area contributed by atoms with Gasteiger partial charge in [0.2, 0.25) is 0 Å². The Balaban J connectivity index is 2.16. The second-order valence-electron chi connectivity index (χ2n) is 6.15. The van der Waals surface area contributed by atoms with Crippen molar-refractivity contribution in [1.29, 1.82) is 0 Å². The number of hydrogen-bond donors (Lipinski definition) is 0. The Hall–Kier alpha value is 0.127. The summed E-state index contributed by atoms with van der Waals surface area (Å²) in [4.78, 5) is -0.0440. The first-order chi connectivity index (χ1) is 7.31. The molecule has 2 fully saturated rings. The Morgan fingerprint density at radius 1 is 1.06 bits per heavy atom. The standard InChI is InChI=1S/C11H22O3SSi/c1-16(2,3)11-6-4-5-9-10(14-9)7-8-15(11,12)13/h9-11H,4-8H2,1-3H3. The van der Waals surface area contributed by atoms with E-state index in [0.29, 0.717) is 18.3 Å². The summed E-state index contributed by atoms with van der Waals surface area (Å²) in [6, 6.07) is 0. The third-order valence-corrected chi connectivity index (χ3v) is 11.1. The van der Waals surface area contributed by atoms with Crippen LogP contribution in [0.2, 0.25) is 19.6 Å². The minimum Gasteiger partial charge on any atom is -0.370 e. The summed E-state index contributed by atoms with van der Waals surface area (Å²) in [5.74, 6) is 0.336. The SMILES string of the molecule is C[Si](C)(C)C1CCCC2OC2CCS1(=O)=O. The van der Waals surface area contributed by atoms with Gasteiger partial charge in [-0.25, -0.2) is 8.42 Å². The first kappa shape index (κ1) is 12.6. The van der Waals surface area contributed by atoms with Crippen LogP contribution in [0, 0.1) is 0 Å². The number of ether oxygens (including phenoxy) is 1. The average Bonchev–Trinajstić information content (AvgIpc) is 2.84. The molecular formula is C11H22O3SSi. The lowest BCUT2D eigenvalue weighted by Gasteiger charge is -2.28. The van der Waals surface area contributed by atoms with Crippen molar-refractivity contribution in [3.8, 4) is 0 Å². The van der Waals surface area contributed by atoms with Crippen molar-refractivity contribution >= 4 is 17.9 Å². The molecule has 2 aliphatic rings. The molecule has 2 saturated heterocycles. The average molecular weight is 262 g/mol. The minimum absolute atomic E-state index is 0.0440. The molecule has 2 aliphatic heterocycles. The number of hydrogen-bond acceptors (Lipinski definition) is 3. The van der Waals surface area contributed by atoms with Crippen LogP contribution in [-0.4, -0.2) is 39.3 Å². The molecule has 2 rings (SSSR count). The third-order valence-electron chi connectivity index (χ3n) is 3.73. The number of rotatable bonds is 1. The van der Waals surface area contributed by atoms with Gasteiger partial charge in [0, 0.05) is 0 Å². The number of sulfone groups is 1. The normalized spacial score (nSPS) is 39.1. The minimum atomic E-state index is -2.89. The Labute approximate surface area is 99.5 Å². The van der Waals surface area contributed by atoms with Crippen LogP contribution < -0.4 is 0 Å². The summed E-state index contributed by atoms with van der Waals surface area (Å²) in [5.41, 5.74) is 0. The predicted octanol–water partition coefficient (Wildman–Crippen LogP) is 1.99. The lowest BCUT2D eigenvalue weighted by atomic mass is 10.1. The molecule has 0 aromatic carbocycles. The molecule has 2 heterocycles. The molecule has 3 atom stereocenters. The highest BCUT2D eigenvalue weighted by Crippen LogP contribution is 2.34. The van der Waals surface area contributed by atoms with Crippen molar-refractivity contribution < 1.29 is 13.2 Å². The van der Waals surface area contributed by atoms with E-state index in [-0.39, 0.29) is 11.0 Å². The molecule has 0 N–H and O–H groups in total. The van der Waals surface area contributed by atoms with Crippen molar-refractivity contribution in [1.82, 2.24) is 0 Å². The largest absolute Gasteiger partial charge is 0.370 e. The van der Waals surface area contributed by atoms with E-state index >= 15 is 0 Å². The van der Waals surface area contributed by atoms with Crippen molar-refractivity contribution in [2.24, 2.45) is 0 Å². The Bertz CT molecular complexity index is 358. The molecule has 0 aliphatic carbocycles. The number of fused-ring (bicyclic) bond motifs is 1. The van der Waals surface area contributed by atoms with Crippen LogP contribution in [0.25, 0.3) is 0 Å². The van der Waals surface area contributed by atoms with Crippen LogP contribution in [-0.2, 0) is 14.6 Å². The van der Waals surface area contributed by atoms with Gasteiger partial charge in [-0.2, -0.15) is 0 Å². The van der Waals surface area contributed by atoms with E-state index in [2.05, 4.69) is 19.6 Å². The topological polar surface area (TPSA) is 46.7 Å². The maximum Gasteiger partial charge on any atom is 0.150 e. The van der Waals surface area contributed by atoms with Crippen LogP contribution in [0.5, 0.6) is 0 Å². The second kappa shape index (κ2) is 4.10. The zero-order chi connectivity index (χ0) is 12.0. The van der Waals surface area contributed by atoms with E-state index < -0.39 is 17.9 Å². The van der Waals surface area contributed by atoms with Gasteiger partial charge in [-0.1, -0.05) is 19.6 Å². The predicted molar refractivity (Wildman–Crippen MR) is 68.0 cm³/mol. The molecule has 3 unspecified atom stereocenters. The fraction of sp³-hybridized carbons (Fsp3) is 1.00. The van der Waals surface area contributed by atoms with Gasteiger partial charge in [0.05, 0.1) is 30.9 Å². The Kier molecular flexibility index (Phi) is 3.23. The first-order valence-corrected chi connectivity index (χ1v) is 11.5. The molecule has 0 bridgehead atoms. The molecule has 0 aromatic heterocycles. The van der Waals surface area contributed by atoms with E-state index in [1.165, 1.54) is 0 Å². The van der Waals surface area contributed by atoms with Crippen molar-refractivity contribution in [3.05, 3.63) is 0 Å². The molecule has 94 valence electrons. The maximum atomic E-state index is 12.3. The van der Waals surface area contributed by atoms with Crippen LogP contribution in [0.4, 0.5) is 0 Å². The fourth-order valence-corrected chi connectivity index (χ4v) is 9.87. The summed E-state index contributed by atoms with van der Waals surface area (Å²) >= 11 is 0. The second-order valence-corrected chi connectivity index (χ2v) is 14.3. The monoisotopic (exact) mass is 262 g/mol. The molecule has 0 aromatic rings. The molecular weight excluding hydrogens is 240 g/mol. The smallest absolute Gasteiger partial charge is 0.150 e. The summed E-state index contributed by atoms with van der Waals surface area (Å²) in [6.07, 6.45) is 4.25. The molecule has 0 spiro atoms. The van der Waals surface area contributed by atoms with Gasteiger partial charge in [0.15, 0.2) is 9.84 Å². The Morgan fingerprint density at radius 2 is 1.69 bits per heavy atom. The van der Waals surface area contributed by atoms with E-state index in [1.807, 2.05) is 0 Å². The van der Waals surface area contributed by atoms with E-state index in [0.717, 1.165) is 19.3 Å². The van der Waals surface area contributed by atoms with Gasteiger partial charge in [-0.3, -0.25) is 0 Å². The fourth-order valence-electron chi connectivity index (χ4n) is 2.77. The summed E-state index contributed by atoms with van der Waals surface area (Å²) < 4.78 is 30.0. The molecule has 16 heavy (non-hydrogen) atoms. The molecule has 0 amide bonds. The highest BCUT2D eigenvalue weighted by atomic mass is 32.2. The van der Waals surface area contributed by atoms with Gasteiger partial charge in [-0.05, 0) is 25.7 Å². The van der Waals surface area contributed by atoms with Crippen LogP contribution in [0.15, 0.2) is 0 Å². The summed E-state index contributed by atoms with van der Waals surface area (Å²) in [7, 11) is -4.49. The quantitative estimate of drug-likeness (QED) is 0.536. The van der Waals surface area contributed by atoms with Crippen molar-refractivity contribution in [3.63, 3.8) is 0 Å². The Morgan fingerprint density at radius 3 is 2.31 bits per heavy atom. The lowest BCUT2D eigenvalue weighted by molar-refractivity contribution is 0.354. The highest BCUT2D eigenvalue weighted by molar-refractivity contribution is 7.93. The van der Waals surface area contributed by atoms with Gasteiger partial charge in [0.1, 0.15) is 0 Å². The zero-order valence-corrected chi connectivity index (χ0v) is 12.2. The van der Waals surface area contributed by atoms with Gasteiger partial charge >= 0.3 is 0 Å². The van der Waals surface area contributed by atoms with Crippen molar-refractivity contribution in [2.75, 3.05) is 5.75 Å². The van der Waals surface area contributed by atoms with E-state index in [4.69, 9.17) is 4.74 Å². The van der Waals surface area contributed by atoms with E-state index in [9.17, 15) is 8.42 Å². The van der Waals surface area contributed by atoms with Crippen molar-refractivity contribution in [2.45, 2.75) is 62.4 Å². The first-order valence-electron chi connectivity index (χ1n) is 6.18. The van der Waals surface area contributed by atoms with Gasteiger partial charge in [-0.15, -0.1) is 0 Å². The maximum absolute atomic E-state index is 12.3. The summed E-state index contributed by atoms with van der Waals surface area (Å²) in [6.45, 7) is 6.51. The van der Waals surface area contributed by atoms with Gasteiger partial charge in [0.25, 0.3) is 0 Å². The molecule has 5 heteroatoms. The van der Waals surface area contributed by atoms with Gasteiger partial charge < -0.3 is 4.74 Å². The molecule has 0 radical (unpaired) electrons. The van der Waals surface area contributed by atoms with E-state index in [1.54, 1.807) is 0 Å². The molecule has 0 saturated carbocycles. The zero-order valence-electron chi connectivity index (χ0n) is 10.4. The molecule has 3 nitrogen and oxygen atoms in total. The van der Waals surface area contributed by atoms with Crippen LogP contribution in [0.3, 0.4) is 0 Å². The third kappa shape index (κ3) is 2.68. The number of epoxide rings is 1. The highest BCUT2D eigenvalue weighted by Gasteiger charge is 2.44.